The SMILES string of the molecule is COc1ccc(OC)c(CNC2CCCc3c2cnn3CCO)c1. The fourth-order valence-corrected chi connectivity index (χ4v) is 3.37. The minimum atomic E-state index is 0.118. The van der Waals surface area contributed by atoms with Gasteiger partial charge in [-0.3, -0.25) is 4.68 Å². The number of nitrogens with zero attached hydrogens (tertiary/aromatic N) is 2. The van der Waals surface area contributed by atoms with E-state index in [-0.39, 0.29) is 12.6 Å². The van der Waals surface area contributed by atoms with Crippen molar-refractivity contribution in [2.75, 3.05) is 20.8 Å². The van der Waals surface area contributed by atoms with Crippen molar-refractivity contribution in [1.29, 1.82) is 0 Å². The molecule has 130 valence electrons. The molecule has 2 aromatic rings. The molecule has 0 bridgehead atoms. The van der Waals surface area contributed by atoms with Crippen LogP contribution >= 0.6 is 0 Å². The number of methoxy groups -OCH3 is 2. The zero-order valence-electron chi connectivity index (χ0n) is 14.3. The van der Waals surface area contributed by atoms with Crippen LogP contribution in [0, 0.1) is 0 Å². The maximum Gasteiger partial charge on any atom is 0.123 e. The molecular formula is C18H25N3O3. The second kappa shape index (κ2) is 7.68. The highest BCUT2D eigenvalue weighted by atomic mass is 16.5. The van der Waals surface area contributed by atoms with Gasteiger partial charge in [0.15, 0.2) is 0 Å². The van der Waals surface area contributed by atoms with Crippen LogP contribution in [0.2, 0.25) is 0 Å². The first-order valence-electron chi connectivity index (χ1n) is 8.36. The van der Waals surface area contributed by atoms with Crippen LogP contribution in [0.1, 0.15) is 35.7 Å². The first kappa shape index (κ1) is 16.8. The van der Waals surface area contributed by atoms with Crippen LogP contribution in [0.15, 0.2) is 24.4 Å². The van der Waals surface area contributed by atoms with Gasteiger partial charge in [-0.05, 0) is 37.5 Å². The maximum absolute atomic E-state index is 9.16. The summed E-state index contributed by atoms with van der Waals surface area (Å²) in [6.07, 6.45) is 5.17. The highest BCUT2D eigenvalue weighted by molar-refractivity contribution is 5.40. The van der Waals surface area contributed by atoms with Crippen LogP contribution in [-0.2, 0) is 19.5 Å². The van der Waals surface area contributed by atoms with Crippen LogP contribution in [-0.4, -0.2) is 35.7 Å². The monoisotopic (exact) mass is 331 g/mol. The van der Waals surface area contributed by atoms with Gasteiger partial charge in [-0.15, -0.1) is 0 Å². The molecule has 0 aliphatic heterocycles. The summed E-state index contributed by atoms with van der Waals surface area (Å²) in [7, 11) is 3.35. The van der Waals surface area contributed by atoms with Gasteiger partial charge in [0.1, 0.15) is 11.5 Å². The third kappa shape index (κ3) is 3.39. The zero-order chi connectivity index (χ0) is 16.9. The van der Waals surface area contributed by atoms with Gasteiger partial charge in [-0.25, -0.2) is 0 Å². The van der Waals surface area contributed by atoms with Crippen molar-refractivity contribution in [2.45, 2.75) is 38.4 Å². The summed E-state index contributed by atoms with van der Waals surface area (Å²) in [5.74, 6) is 1.68. The van der Waals surface area contributed by atoms with Crippen LogP contribution < -0.4 is 14.8 Å². The van der Waals surface area contributed by atoms with Crippen molar-refractivity contribution in [1.82, 2.24) is 15.1 Å². The highest BCUT2D eigenvalue weighted by Crippen LogP contribution is 2.31. The van der Waals surface area contributed by atoms with E-state index in [0.717, 1.165) is 36.3 Å². The molecule has 2 N–H and O–H groups in total. The van der Waals surface area contributed by atoms with E-state index >= 15 is 0 Å². The van der Waals surface area contributed by atoms with E-state index in [1.165, 1.54) is 11.3 Å². The Morgan fingerprint density at radius 1 is 1.33 bits per heavy atom. The summed E-state index contributed by atoms with van der Waals surface area (Å²) >= 11 is 0. The Kier molecular flexibility index (Phi) is 5.37. The third-order valence-corrected chi connectivity index (χ3v) is 4.60. The van der Waals surface area contributed by atoms with Crippen molar-refractivity contribution < 1.29 is 14.6 Å². The zero-order valence-corrected chi connectivity index (χ0v) is 14.3. The summed E-state index contributed by atoms with van der Waals surface area (Å²) in [6, 6.07) is 6.11. The normalized spacial score (nSPS) is 16.7. The summed E-state index contributed by atoms with van der Waals surface area (Å²) < 4.78 is 12.7. The van der Waals surface area contributed by atoms with E-state index in [4.69, 9.17) is 14.6 Å². The van der Waals surface area contributed by atoms with Gasteiger partial charge in [0.25, 0.3) is 0 Å². The Labute approximate surface area is 142 Å². The van der Waals surface area contributed by atoms with Crippen molar-refractivity contribution in [2.24, 2.45) is 0 Å². The molecule has 1 aromatic carbocycles. The average Bonchev–Trinajstić information content (AvgIpc) is 3.03. The number of hydrogen-bond acceptors (Lipinski definition) is 5. The average molecular weight is 331 g/mol. The van der Waals surface area contributed by atoms with Gasteiger partial charge in [-0.1, -0.05) is 0 Å². The minimum Gasteiger partial charge on any atom is -0.497 e. The number of benzene rings is 1. The number of hydrogen-bond donors (Lipinski definition) is 2. The lowest BCUT2D eigenvalue weighted by Gasteiger charge is -2.25. The Hall–Kier alpha value is -2.05. The number of rotatable bonds is 7. The van der Waals surface area contributed by atoms with Gasteiger partial charge < -0.3 is 19.9 Å². The lowest BCUT2D eigenvalue weighted by molar-refractivity contribution is 0.266. The molecule has 0 saturated carbocycles. The fraction of sp³-hybridized carbons (Fsp3) is 0.500. The molecule has 0 spiro atoms. The number of ether oxygens (including phenoxy) is 2. The number of nitrogens with one attached hydrogen (secondary N) is 1. The molecule has 1 aliphatic carbocycles. The second-order valence-corrected chi connectivity index (χ2v) is 6.00. The molecule has 6 nitrogen and oxygen atoms in total. The Morgan fingerprint density at radius 2 is 2.21 bits per heavy atom. The first-order valence-corrected chi connectivity index (χ1v) is 8.36. The quantitative estimate of drug-likeness (QED) is 0.813. The smallest absolute Gasteiger partial charge is 0.123 e. The Balaban J connectivity index is 1.74. The van der Waals surface area contributed by atoms with Crippen molar-refractivity contribution in [3.8, 4) is 11.5 Å². The van der Waals surface area contributed by atoms with E-state index in [1.807, 2.05) is 29.1 Å². The van der Waals surface area contributed by atoms with Crippen molar-refractivity contribution >= 4 is 0 Å². The number of aliphatic hydroxyl groups excluding tert-OH is 1. The lowest BCUT2D eigenvalue weighted by atomic mass is 9.92. The molecule has 1 atom stereocenters. The van der Waals surface area contributed by atoms with Gasteiger partial charge in [0.05, 0.1) is 33.6 Å². The van der Waals surface area contributed by atoms with E-state index in [1.54, 1.807) is 14.2 Å². The number of aliphatic hydroxyl groups is 1. The molecule has 1 unspecified atom stereocenters. The topological polar surface area (TPSA) is 68.5 Å². The van der Waals surface area contributed by atoms with Crippen LogP contribution in [0.25, 0.3) is 0 Å². The lowest BCUT2D eigenvalue weighted by Crippen LogP contribution is -2.25. The van der Waals surface area contributed by atoms with Gasteiger partial charge in [0.2, 0.25) is 0 Å². The van der Waals surface area contributed by atoms with E-state index in [2.05, 4.69) is 10.4 Å². The van der Waals surface area contributed by atoms with E-state index in [9.17, 15) is 0 Å². The van der Waals surface area contributed by atoms with Crippen molar-refractivity contribution in [3.63, 3.8) is 0 Å². The maximum atomic E-state index is 9.16. The minimum absolute atomic E-state index is 0.118. The predicted molar refractivity (Wildman–Crippen MR) is 91.4 cm³/mol. The third-order valence-electron chi connectivity index (χ3n) is 4.60. The van der Waals surface area contributed by atoms with Gasteiger partial charge >= 0.3 is 0 Å². The summed E-state index contributed by atoms with van der Waals surface area (Å²) in [6.45, 7) is 1.38. The summed E-state index contributed by atoms with van der Waals surface area (Å²) in [5.41, 5.74) is 3.56. The molecule has 0 radical (unpaired) electrons. The van der Waals surface area contributed by atoms with E-state index < -0.39 is 0 Å². The molecule has 0 amide bonds. The molecule has 0 saturated heterocycles. The molecule has 3 rings (SSSR count). The summed E-state index contributed by atoms with van der Waals surface area (Å²) in [4.78, 5) is 0. The molecule has 6 heteroatoms. The van der Waals surface area contributed by atoms with Gasteiger partial charge in [0, 0.05) is 29.4 Å². The molecule has 1 heterocycles. The number of fused-ring (bicyclic) bond motifs is 1. The molecule has 24 heavy (non-hydrogen) atoms. The second-order valence-electron chi connectivity index (χ2n) is 6.00. The predicted octanol–water partition coefficient (Wildman–Crippen LogP) is 2.06. The largest absolute Gasteiger partial charge is 0.497 e. The molecular weight excluding hydrogens is 306 g/mol. The number of aromatic nitrogens is 2. The van der Waals surface area contributed by atoms with Crippen LogP contribution in [0.3, 0.4) is 0 Å². The highest BCUT2D eigenvalue weighted by Gasteiger charge is 2.24. The standard InChI is InChI=1S/C18H25N3O3/c1-23-14-6-7-18(24-2)13(10-14)11-19-16-4-3-5-17-15(16)12-20-21(17)8-9-22/h6-7,10,12,16,19,22H,3-5,8-9,11H2,1-2H3. The fourth-order valence-electron chi connectivity index (χ4n) is 3.37. The van der Waals surface area contributed by atoms with Gasteiger partial charge in [-0.2, -0.15) is 5.10 Å². The molecule has 1 aromatic heterocycles. The summed E-state index contributed by atoms with van der Waals surface area (Å²) in [5, 5.41) is 17.2. The van der Waals surface area contributed by atoms with E-state index in [0.29, 0.717) is 13.1 Å². The Morgan fingerprint density at radius 3 is 2.96 bits per heavy atom. The Bertz CT molecular complexity index is 684. The first-order chi connectivity index (χ1) is 11.8. The molecule has 1 aliphatic rings. The van der Waals surface area contributed by atoms with Crippen LogP contribution in [0.5, 0.6) is 11.5 Å². The molecule has 0 fully saturated rings. The van der Waals surface area contributed by atoms with Crippen LogP contribution in [0.4, 0.5) is 0 Å². The van der Waals surface area contributed by atoms with Crippen molar-refractivity contribution in [3.05, 3.63) is 41.2 Å².